The minimum Gasteiger partial charge on any atom is -0.462 e. The molecule has 0 aromatic heterocycles. The highest BCUT2D eigenvalue weighted by molar-refractivity contribution is 7.46. The van der Waals surface area contributed by atoms with Gasteiger partial charge in [0.1, 0.15) is 5.75 Å². The Bertz CT molecular complexity index is 522. The lowest BCUT2D eigenvalue weighted by atomic mass is 10.1. The summed E-state index contributed by atoms with van der Waals surface area (Å²) in [6.45, 7) is 2.58. The molecule has 0 amide bonds. The molecule has 1 rings (SSSR count). The monoisotopic (exact) mass is 358 g/mol. The summed E-state index contributed by atoms with van der Waals surface area (Å²) in [5.41, 5.74) is 0.327. The van der Waals surface area contributed by atoms with Crippen LogP contribution in [0.1, 0.15) is 68.6 Å². The Balaban J connectivity index is 2.18. The fourth-order valence-corrected chi connectivity index (χ4v) is 2.67. The molecule has 0 fully saturated rings. The number of esters is 1. The Morgan fingerprint density at radius 1 is 0.958 bits per heavy atom. The Morgan fingerprint density at radius 2 is 1.50 bits per heavy atom. The number of benzene rings is 1. The van der Waals surface area contributed by atoms with Crippen molar-refractivity contribution in [2.24, 2.45) is 0 Å². The van der Waals surface area contributed by atoms with Gasteiger partial charge in [-0.1, -0.05) is 51.9 Å². The molecule has 1 aromatic rings. The number of phosphoric acid groups is 1. The number of ether oxygens (including phenoxy) is 1. The minimum atomic E-state index is -4.58. The van der Waals surface area contributed by atoms with Crippen molar-refractivity contribution in [3.63, 3.8) is 0 Å². The number of rotatable bonds is 12. The molecule has 0 aliphatic rings. The molecule has 1 aromatic carbocycles. The normalized spacial score (nSPS) is 11.3. The first-order valence-electron chi connectivity index (χ1n) is 8.44. The molecule has 136 valence electrons. The lowest BCUT2D eigenvalue weighted by Crippen LogP contribution is -2.06. The third-order valence-electron chi connectivity index (χ3n) is 3.55. The summed E-state index contributed by atoms with van der Waals surface area (Å²) in [5, 5.41) is 0. The molecule has 0 aliphatic heterocycles. The van der Waals surface area contributed by atoms with Crippen LogP contribution >= 0.6 is 7.82 Å². The van der Waals surface area contributed by atoms with Crippen LogP contribution in [0.2, 0.25) is 0 Å². The largest absolute Gasteiger partial charge is 0.524 e. The third kappa shape index (κ3) is 9.71. The molecule has 0 saturated heterocycles. The van der Waals surface area contributed by atoms with Crippen molar-refractivity contribution in [1.29, 1.82) is 0 Å². The van der Waals surface area contributed by atoms with Crippen LogP contribution < -0.4 is 4.52 Å². The van der Waals surface area contributed by atoms with Gasteiger partial charge in [-0.25, -0.2) is 9.36 Å². The van der Waals surface area contributed by atoms with Gasteiger partial charge in [-0.2, -0.15) is 0 Å². The van der Waals surface area contributed by atoms with Gasteiger partial charge >= 0.3 is 13.8 Å². The highest BCUT2D eigenvalue weighted by atomic mass is 31.2. The summed E-state index contributed by atoms with van der Waals surface area (Å²) < 4.78 is 20.3. The van der Waals surface area contributed by atoms with E-state index in [1.54, 1.807) is 0 Å². The highest BCUT2D eigenvalue weighted by Gasteiger charge is 2.16. The minimum absolute atomic E-state index is 0.00274. The van der Waals surface area contributed by atoms with Crippen LogP contribution in [0.25, 0.3) is 0 Å². The Morgan fingerprint density at radius 3 is 2.04 bits per heavy atom. The zero-order valence-electron chi connectivity index (χ0n) is 14.1. The predicted octanol–water partition coefficient (Wildman–Crippen LogP) is 4.46. The first kappa shape index (κ1) is 20.7. The van der Waals surface area contributed by atoms with Crippen molar-refractivity contribution in [2.75, 3.05) is 6.61 Å². The van der Waals surface area contributed by atoms with Gasteiger partial charge in [-0.05, 0) is 30.7 Å². The number of phosphoric ester groups is 1. The molecule has 0 unspecified atom stereocenters. The van der Waals surface area contributed by atoms with Gasteiger partial charge < -0.3 is 9.26 Å². The van der Waals surface area contributed by atoms with E-state index < -0.39 is 13.8 Å². The molecule has 0 bridgehead atoms. The number of hydrogen-bond donors (Lipinski definition) is 2. The number of carbonyl (C=O) groups is 1. The SMILES string of the molecule is CCCCCCCCCCOC(=O)c1ccc(OP(=O)(O)O)cc1. The molecule has 0 atom stereocenters. The van der Waals surface area contributed by atoms with Crippen molar-refractivity contribution in [2.45, 2.75) is 58.3 Å². The maximum atomic E-state index is 11.8. The molecule has 0 aliphatic carbocycles. The number of carbonyl (C=O) groups excluding carboxylic acids is 1. The van der Waals surface area contributed by atoms with Crippen molar-refractivity contribution in [3.05, 3.63) is 29.8 Å². The van der Waals surface area contributed by atoms with E-state index in [4.69, 9.17) is 14.5 Å². The Kier molecular flexibility index (Phi) is 9.69. The van der Waals surface area contributed by atoms with E-state index in [0.717, 1.165) is 19.3 Å². The van der Waals surface area contributed by atoms with Crippen LogP contribution in [0.4, 0.5) is 0 Å². The second-order valence-electron chi connectivity index (χ2n) is 5.72. The van der Waals surface area contributed by atoms with Crippen LogP contribution in [0.3, 0.4) is 0 Å². The predicted molar refractivity (Wildman–Crippen MR) is 92.0 cm³/mol. The number of hydrogen-bond acceptors (Lipinski definition) is 4. The summed E-state index contributed by atoms with van der Waals surface area (Å²) >= 11 is 0. The molecule has 24 heavy (non-hydrogen) atoms. The first-order chi connectivity index (χ1) is 11.4. The Labute approximate surface area is 143 Å². The molecule has 0 radical (unpaired) electrons. The average Bonchev–Trinajstić information content (AvgIpc) is 2.52. The maximum absolute atomic E-state index is 11.8. The summed E-state index contributed by atoms with van der Waals surface area (Å²) in [7, 11) is -4.58. The van der Waals surface area contributed by atoms with Crippen molar-refractivity contribution in [1.82, 2.24) is 0 Å². The van der Waals surface area contributed by atoms with Crippen LogP contribution in [0.15, 0.2) is 24.3 Å². The standard InChI is InChI=1S/C17H27O6P/c1-2-3-4-5-6-7-8-9-14-22-17(18)15-10-12-16(13-11-15)23-24(19,20)21/h10-13H,2-9,14H2,1H3,(H2,19,20,21). The van der Waals surface area contributed by atoms with Crippen molar-refractivity contribution < 1.29 is 28.4 Å². The fraction of sp³-hybridized carbons (Fsp3) is 0.588. The summed E-state index contributed by atoms with van der Waals surface area (Å²) in [4.78, 5) is 29.2. The van der Waals surface area contributed by atoms with Crippen LogP contribution in [-0.4, -0.2) is 22.4 Å². The third-order valence-corrected chi connectivity index (χ3v) is 3.99. The lowest BCUT2D eigenvalue weighted by Gasteiger charge is -2.08. The highest BCUT2D eigenvalue weighted by Crippen LogP contribution is 2.37. The smallest absolute Gasteiger partial charge is 0.462 e. The molecule has 7 heteroatoms. The first-order valence-corrected chi connectivity index (χ1v) is 9.97. The van der Waals surface area contributed by atoms with Gasteiger partial charge in [-0.3, -0.25) is 9.79 Å². The summed E-state index contributed by atoms with van der Waals surface area (Å²) in [6.07, 6.45) is 9.42. The molecule has 0 saturated carbocycles. The van der Waals surface area contributed by atoms with E-state index in [2.05, 4.69) is 11.4 Å². The molecule has 2 N–H and O–H groups in total. The molecule has 0 heterocycles. The second-order valence-corrected chi connectivity index (χ2v) is 6.88. The average molecular weight is 358 g/mol. The van der Waals surface area contributed by atoms with Crippen LogP contribution in [0, 0.1) is 0 Å². The molecular weight excluding hydrogens is 331 g/mol. The van der Waals surface area contributed by atoms with Crippen LogP contribution in [0.5, 0.6) is 5.75 Å². The zero-order chi connectivity index (χ0) is 17.8. The lowest BCUT2D eigenvalue weighted by molar-refractivity contribution is 0.0497. The van der Waals surface area contributed by atoms with Gasteiger partial charge in [0.15, 0.2) is 0 Å². The Hall–Kier alpha value is -1.36. The number of unbranched alkanes of at least 4 members (excludes halogenated alkanes) is 7. The van der Waals surface area contributed by atoms with Gasteiger partial charge in [0.05, 0.1) is 12.2 Å². The summed E-state index contributed by atoms with van der Waals surface area (Å²) in [5.74, 6) is -0.441. The molecule has 0 spiro atoms. The molecular formula is C17H27O6P. The van der Waals surface area contributed by atoms with Gasteiger partial charge in [-0.15, -0.1) is 0 Å². The second kappa shape index (κ2) is 11.2. The summed E-state index contributed by atoms with van der Waals surface area (Å²) in [6, 6.07) is 5.49. The van der Waals surface area contributed by atoms with Crippen molar-refractivity contribution in [3.8, 4) is 5.75 Å². The van der Waals surface area contributed by atoms with E-state index in [1.807, 2.05) is 0 Å². The van der Waals surface area contributed by atoms with E-state index in [-0.39, 0.29) is 5.75 Å². The van der Waals surface area contributed by atoms with Crippen molar-refractivity contribution >= 4 is 13.8 Å². The quantitative estimate of drug-likeness (QED) is 0.326. The van der Waals surface area contributed by atoms with E-state index in [0.29, 0.717) is 12.2 Å². The van der Waals surface area contributed by atoms with Gasteiger partial charge in [0, 0.05) is 0 Å². The van der Waals surface area contributed by atoms with E-state index in [1.165, 1.54) is 56.4 Å². The topological polar surface area (TPSA) is 93.1 Å². The maximum Gasteiger partial charge on any atom is 0.524 e. The van der Waals surface area contributed by atoms with Gasteiger partial charge in [0.2, 0.25) is 0 Å². The molecule has 6 nitrogen and oxygen atoms in total. The van der Waals surface area contributed by atoms with E-state index >= 15 is 0 Å². The fourth-order valence-electron chi connectivity index (χ4n) is 2.27. The zero-order valence-corrected chi connectivity index (χ0v) is 15.0. The van der Waals surface area contributed by atoms with Gasteiger partial charge in [0.25, 0.3) is 0 Å². The van der Waals surface area contributed by atoms with E-state index in [9.17, 15) is 9.36 Å². The van der Waals surface area contributed by atoms with Crippen LogP contribution in [-0.2, 0) is 9.30 Å².